The van der Waals surface area contributed by atoms with Gasteiger partial charge >= 0.3 is 0 Å². The van der Waals surface area contributed by atoms with E-state index in [-0.39, 0.29) is 10.3 Å². The van der Waals surface area contributed by atoms with Crippen LogP contribution in [0.15, 0.2) is 23.1 Å². The highest BCUT2D eigenvalue weighted by atomic mass is 32.2. The molecule has 0 atom stereocenters. The molecule has 4 rings (SSSR count). The van der Waals surface area contributed by atoms with E-state index >= 15 is 0 Å². The molecule has 1 aliphatic carbocycles. The quantitative estimate of drug-likeness (QED) is 0.811. The minimum Gasteiger partial charge on any atom is -0.389 e. The van der Waals surface area contributed by atoms with Gasteiger partial charge in [-0.25, -0.2) is 8.42 Å². The summed E-state index contributed by atoms with van der Waals surface area (Å²) in [7, 11) is 0.409. The fourth-order valence-electron chi connectivity index (χ4n) is 4.82. The van der Waals surface area contributed by atoms with Gasteiger partial charge < -0.3 is 10.0 Å². The van der Waals surface area contributed by atoms with Gasteiger partial charge in [-0.2, -0.15) is 13.1 Å². The van der Waals surface area contributed by atoms with E-state index in [2.05, 4.69) is 8.75 Å². The van der Waals surface area contributed by atoms with E-state index in [1.165, 1.54) is 0 Å². The lowest BCUT2D eigenvalue weighted by atomic mass is 9.64. The molecule has 1 aromatic heterocycles. The first-order valence-corrected chi connectivity index (χ1v) is 12.0. The Morgan fingerprint density at radius 1 is 1.11 bits per heavy atom. The molecule has 1 aliphatic heterocycles. The Hall–Kier alpha value is -1.13. The maximum Gasteiger partial charge on any atom is 0.245 e. The Kier molecular flexibility index (Phi) is 5.24. The van der Waals surface area contributed by atoms with Crippen molar-refractivity contribution < 1.29 is 13.5 Å². The molecule has 28 heavy (non-hydrogen) atoms. The van der Waals surface area contributed by atoms with Gasteiger partial charge in [-0.15, -0.1) is 0 Å². The number of fused-ring (bicyclic) bond motifs is 1. The summed E-state index contributed by atoms with van der Waals surface area (Å²) < 4.78 is 36.4. The van der Waals surface area contributed by atoms with E-state index in [0.29, 0.717) is 30.7 Å². The van der Waals surface area contributed by atoms with Gasteiger partial charge in [-0.1, -0.05) is 6.07 Å². The summed E-state index contributed by atoms with van der Waals surface area (Å²) in [5.41, 5.74) is 0.662. The number of sulfonamides is 1. The second kappa shape index (κ2) is 7.28. The van der Waals surface area contributed by atoms with Crippen molar-refractivity contribution in [3.05, 3.63) is 18.2 Å². The number of benzene rings is 1. The second-order valence-corrected chi connectivity index (χ2v) is 11.2. The summed E-state index contributed by atoms with van der Waals surface area (Å²) in [5.74, 6) is 0. The lowest BCUT2D eigenvalue weighted by Crippen LogP contribution is -2.49. The monoisotopic (exact) mass is 424 g/mol. The van der Waals surface area contributed by atoms with Crippen LogP contribution in [0.2, 0.25) is 0 Å². The molecule has 1 N–H and O–H groups in total. The average Bonchev–Trinajstić information content (AvgIpc) is 3.13. The minimum atomic E-state index is -3.57. The van der Waals surface area contributed by atoms with Gasteiger partial charge in [-0.05, 0) is 70.2 Å². The predicted octanol–water partition coefficient (Wildman–Crippen LogP) is 2.33. The van der Waals surface area contributed by atoms with Gasteiger partial charge in [0.15, 0.2) is 0 Å². The summed E-state index contributed by atoms with van der Waals surface area (Å²) in [4.78, 5) is 2.31. The van der Waals surface area contributed by atoms with Crippen LogP contribution in [0.3, 0.4) is 0 Å². The molecule has 1 saturated carbocycles. The van der Waals surface area contributed by atoms with Crippen LogP contribution in [0, 0.1) is 5.41 Å². The number of hydrogen-bond acceptors (Lipinski definition) is 7. The SMILES string of the molecule is CN(C)CC1(O)CCC2(CCN(S(=O)(=O)c3cccc4nsnc34)CC2)CC1. The Balaban J connectivity index is 1.45. The van der Waals surface area contributed by atoms with Gasteiger partial charge in [0.2, 0.25) is 10.0 Å². The lowest BCUT2D eigenvalue weighted by molar-refractivity contribution is -0.0592. The lowest BCUT2D eigenvalue weighted by Gasteiger charge is -2.48. The third kappa shape index (κ3) is 3.70. The fourth-order valence-corrected chi connectivity index (χ4v) is 7.02. The topological polar surface area (TPSA) is 86.6 Å². The zero-order valence-corrected chi connectivity index (χ0v) is 18.1. The number of nitrogens with zero attached hydrogens (tertiary/aromatic N) is 4. The van der Waals surface area contributed by atoms with Gasteiger partial charge in [0, 0.05) is 19.6 Å². The molecule has 0 amide bonds. The summed E-state index contributed by atoms with van der Waals surface area (Å²) in [6.07, 6.45) is 5.24. The second-order valence-electron chi connectivity index (χ2n) is 8.75. The standard InChI is InChI=1S/C19H28N4O3S2/c1-22(2)14-19(24)8-6-18(7-9-19)10-12-23(13-11-18)28(25,26)16-5-3-4-15-17(16)21-27-20-15/h3-5,24H,6-14H2,1-2H3. The van der Waals surface area contributed by atoms with Crippen molar-refractivity contribution in [1.82, 2.24) is 18.0 Å². The molecule has 1 aromatic carbocycles. The fraction of sp³-hybridized carbons (Fsp3) is 0.684. The van der Waals surface area contributed by atoms with Crippen LogP contribution in [0.1, 0.15) is 38.5 Å². The third-order valence-corrected chi connectivity index (χ3v) is 8.97. The van der Waals surface area contributed by atoms with Gasteiger partial charge in [0.05, 0.1) is 17.3 Å². The van der Waals surface area contributed by atoms with Crippen LogP contribution in [0.25, 0.3) is 11.0 Å². The summed E-state index contributed by atoms with van der Waals surface area (Å²) >= 11 is 1.04. The van der Waals surface area contributed by atoms with Gasteiger partial charge in [-0.3, -0.25) is 0 Å². The number of rotatable bonds is 4. The minimum absolute atomic E-state index is 0.165. The average molecular weight is 425 g/mol. The molecule has 0 bridgehead atoms. The van der Waals surface area contributed by atoms with Crippen LogP contribution in [0.5, 0.6) is 0 Å². The normalized spacial score (nSPS) is 22.9. The molecule has 154 valence electrons. The number of hydrogen-bond donors (Lipinski definition) is 1. The molecule has 9 heteroatoms. The van der Waals surface area contributed by atoms with Crippen molar-refractivity contribution in [2.24, 2.45) is 5.41 Å². The van der Waals surface area contributed by atoms with E-state index in [9.17, 15) is 13.5 Å². The maximum absolute atomic E-state index is 13.2. The smallest absolute Gasteiger partial charge is 0.245 e. The third-order valence-electron chi connectivity index (χ3n) is 6.50. The first kappa shape index (κ1) is 20.2. The molecule has 1 saturated heterocycles. The van der Waals surface area contributed by atoms with Crippen LogP contribution in [0.4, 0.5) is 0 Å². The van der Waals surface area contributed by atoms with Crippen LogP contribution < -0.4 is 0 Å². The van der Waals surface area contributed by atoms with Crippen molar-refractivity contribution in [3.8, 4) is 0 Å². The molecule has 2 aliphatic rings. The molecule has 7 nitrogen and oxygen atoms in total. The molecule has 2 heterocycles. The predicted molar refractivity (Wildman–Crippen MR) is 110 cm³/mol. The molecular weight excluding hydrogens is 396 g/mol. The molecule has 2 aromatic rings. The van der Waals surface area contributed by atoms with Crippen LogP contribution >= 0.6 is 11.7 Å². The highest BCUT2D eigenvalue weighted by Crippen LogP contribution is 2.48. The van der Waals surface area contributed by atoms with E-state index < -0.39 is 15.6 Å². The Bertz CT molecular complexity index is 939. The Morgan fingerprint density at radius 3 is 2.43 bits per heavy atom. The molecule has 1 spiro atoms. The van der Waals surface area contributed by atoms with Crippen molar-refractivity contribution in [3.63, 3.8) is 0 Å². The van der Waals surface area contributed by atoms with E-state index in [1.807, 2.05) is 19.0 Å². The highest BCUT2D eigenvalue weighted by molar-refractivity contribution is 7.89. The van der Waals surface area contributed by atoms with Crippen LogP contribution in [-0.2, 0) is 10.0 Å². The first-order valence-electron chi connectivity index (χ1n) is 9.82. The van der Waals surface area contributed by atoms with E-state index in [0.717, 1.165) is 50.3 Å². The highest BCUT2D eigenvalue weighted by Gasteiger charge is 2.45. The van der Waals surface area contributed by atoms with Gasteiger partial charge in [0.1, 0.15) is 15.9 Å². The largest absolute Gasteiger partial charge is 0.389 e. The Morgan fingerprint density at radius 2 is 1.79 bits per heavy atom. The zero-order valence-electron chi connectivity index (χ0n) is 16.5. The molecule has 0 unspecified atom stereocenters. The number of piperidine rings is 1. The summed E-state index contributed by atoms with van der Waals surface area (Å²) in [6.45, 7) is 1.75. The van der Waals surface area contributed by atoms with Crippen molar-refractivity contribution in [2.75, 3.05) is 33.7 Å². The number of aromatic nitrogens is 2. The van der Waals surface area contributed by atoms with Crippen molar-refractivity contribution in [1.29, 1.82) is 0 Å². The van der Waals surface area contributed by atoms with Crippen molar-refractivity contribution >= 4 is 32.8 Å². The molecule has 0 radical (unpaired) electrons. The summed E-state index contributed by atoms with van der Waals surface area (Å²) in [5, 5.41) is 10.8. The zero-order chi connectivity index (χ0) is 20.0. The first-order chi connectivity index (χ1) is 13.2. The maximum atomic E-state index is 13.2. The molecule has 2 fully saturated rings. The summed E-state index contributed by atoms with van der Waals surface area (Å²) in [6, 6.07) is 5.15. The van der Waals surface area contributed by atoms with E-state index in [1.54, 1.807) is 22.5 Å². The Labute approximate surface area is 170 Å². The number of aliphatic hydroxyl groups is 1. The van der Waals surface area contributed by atoms with Crippen molar-refractivity contribution in [2.45, 2.75) is 49.0 Å². The number of likely N-dealkylation sites (N-methyl/N-ethyl adjacent to an activating group) is 1. The van der Waals surface area contributed by atoms with Crippen LogP contribution in [-0.4, -0.2) is 70.8 Å². The molecular formula is C19H28N4O3S2. The van der Waals surface area contributed by atoms with Gasteiger partial charge in [0.25, 0.3) is 0 Å². The van der Waals surface area contributed by atoms with E-state index in [4.69, 9.17) is 0 Å².